The summed E-state index contributed by atoms with van der Waals surface area (Å²) in [5.74, 6) is 0.965. The van der Waals surface area contributed by atoms with Crippen LogP contribution in [-0.4, -0.2) is 30.8 Å². The molecular formula is C14H14BrClN2O. The molecule has 0 radical (unpaired) electrons. The highest BCUT2D eigenvalue weighted by Crippen LogP contribution is 2.29. The van der Waals surface area contributed by atoms with Crippen LogP contribution in [0.5, 0.6) is 0 Å². The molecule has 1 aromatic heterocycles. The van der Waals surface area contributed by atoms with Gasteiger partial charge in [-0.2, -0.15) is 0 Å². The SMILES string of the molecule is CC1CN(c2ccc3cc(Br)cc(Cl)c3n2)CCO1. The predicted molar refractivity (Wildman–Crippen MR) is 82.1 cm³/mol. The molecule has 3 rings (SSSR count). The lowest BCUT2D eigenvalue weighted by Crippen LogP contribution is -2.41. The second-order valence-corrected chi connectivity index (χ2v) is 6.08. The third-order valence-corrected chi connectivity index (χ3v) is 4.01. The van der Waals surface area contributed by atoms with E-state index in [1.807, 2.05) is 18.2 Å². The van der Waals surface area contributed by atoms with E-state index in [2.05, 4.69) is 33.8 Å². The number of aromatic nitrogens is 1. The predicted octanol–water partition coefficient (Wildman–Crippen LogP) is 3.88. The summed E-state index contributed by atoms with van der Waals surface area (Å²) in [6, 6.07) is 8.01. The van der Waals surface area contributed by atoms with Gasteiger partial charge in [-0.1, -0.05) is 27.5 Å². The minimum Gasteiger partial charge on any atom is -0.375 e. The summed E-state index contributed by atoms with van der Waals surface area (Å²) >= 11 is 9.71. The number of halogens is 2. The Balaban J connectivity index is 2.01. The minimum atomic E-state index is 0.242. The number of pyridine rings is 1. The highest BCUT2D eigenvalue weighted by Gasteiger charge is 2.18. The molecule has 1 aromatic carbocycles. The molecule has 1 unspecified atom stereocenters. The van der Waals surface area contributed by atoms with Gasteiger partial charge in [-0.3, -0.25) is 0 Å². The Morgan fingerprint density at radius 1 is 1.42 bits per heavy atom. The minimum absolute atomic E-state index is 0.242. The molecule has 0 saturated carbocycles. The van der Waals surface area contributed by atoms with Crippen LogP contribution < -0.4 is 4.90 Å². The van der Waals surface area contributed by atoms with Crippen LogP contribution in [0.4, 0.5) is 5.82 Å². The smallest absolute Gasteiger partial charge is 0.129 e. The average Bonchev–Trinajstić information content (AvgIpc) is 2.38. The summed E-state index contributed by atoms with van der Waals surface area (Å²) in [6.07, 6.45) is 0.242. The van der Waals surface area contributed by atoms with Crippen LogP contribution in [0, 0.1) is 0 Å². The van der Waals surface area contributed by atoms with Gasteiger partial charge in [-0.15, -0.1) is 0 Å². The molecule has 2 aromatic rings. The van der Waals surface area contributed by atoms with Crippen LogP contribution >= 0.6 is 27.5 Å². The maximum atomic E-state index is 6.27. The van der Waals surface area contributed by atoms with Crippen LogP contribution in [0.25, 0.3) is 10.9 Å². The molecule has 2 heterocycles. The zero-order valence-electron chi connectivity index (χ0n) is 10.6. The van der Waals surface area contributed by atoms with Crippen LogP contribution in [0.2, 0.25) is 5.02 Å². The van der Waals surface area contributed by atoms with Gasteiger partial charge < -0.3 is 9.64 Å². The molecule has 3 nitrogen and oxygen atoms in total. The number of nitrogens with zero attached hydrogens (tertiary/aromatic N) is 2. The summed E-state index contributed by atoms with van der Waals surface area (Å²) in [5, 5.41) is 1.72. The zero-order chi connectivity index (χ0) is 13.4. The maximum Gasteiger partial charge on any atom is 0.129 e. The van der Waals surface area contributed by atoms with Gasteiger partial charge in [-0.05, 0) is 31.2 Å². The molecule has 0 amide bonds. The second kappa shape index (κ2) is 5.27. The molecule has 0 bridgehead atoms. The Bertz CT molecular complexity index is 620. The van der Waals surface area contributed by atoms with Crippen molar-refractivity contribution in [1.29, 1.82) is 0 Å². The number of fused-ring (bicyclic) bond motifs is 1. The van der Waals surface area contributed by atoms with E-state index in [0.717, 1.165) is 40.9 Å². The van der Waals surface area contributed by atoms with Gasteiger partial charge in [0.05, 0.1) is 23.3 Å². The first-order valence-electron chi connectivity index (χ1n) is 6.26. The topological polar surface area (TPSA) is 25.4 Å². The second-order valence-electron chi connectivity index (χ2n) is 4.76. The molecule has 1 aliphatic rings. The Hall–Kier alpha value is -0.840. The summed E-state index contributed by atoms with van der Waals surface area (Å²) < 4.78 is 6.53. The first-order chi connectivity index (χ1) is 9.13. The van der Waals surface area contributed by atoms with Crippen LogP contribution in [0.1, 0.15) is 6.92 Å². The Morgan fingerprint density at radius 2 is 2.26 bits per heavy atom. The van der Waals surface area contributed by atoms with E-state index in [9.17, 15) is 0 Å². The summed E-state index contributed by atoms with van der Waals surface area (Å²) in [5.41, 5.74) is 0.849. The fourth-order valence-corrected chi connectivity index (χ4v) is 3.23. The van der Waals surface area contributed by atoms with E-state index in [-0.39, 0.29) is 6.10 Å². The molecule has 5 heteroatoms. The number of benzene rings is 1. The van der Waals surface area contributed by atoms with Gasteiger partial charge in [0.15, 0.2) is 0 Å². The van der Waals surface area contributed by atoms with E-state index < -0.39 is 0 Å². The lowest BCUT2D eigenvalue weighted by atomic mass is 10.2. The van der Waals surface area contributed by atoms with Crippen LogP contribution in [0.3, 0.4) is 0 Å². The quantitative estimate of drug-likeness (QED) is 0.787. The normalized spacial score (nSPS) is 19.9. The third kappa shape index (κ3) is 2.71. The third-order valence-electron chi connectivity index (χ3n) is 3.26. The van der Waals surface area contributed by atoms with Crippen molar-refractivity contribution in [2.75, 3.05) is 24.6 Å². The lowest BCUT2D eigenvalue weighted by Gasteiger charge is -2.32. The molecular weight excluding hydrogens is 328 g/mol. The standard InChI is InChI=1S/C14H14BrClN2O/c1-9-8-18(4-5-19-9)13-3-2-10-6-11(15)7-12(16)14(10)17-13/h2-3,6-7,9H,4-5,8H2,1H3. The number of hydrogen-bond acceptors (Lipinski definition) is 3. The summed E-state index contributed by atoms with van der Waals surface area (Å²) in [6.45, 7) is 4.57. The van der Waals surface area contributed by atoms with Gasteiger partial charge >= 0.3 is 0 Å². The number of rotatable bonds is 1. The highest BCUT2D eigenvalue weighted by atomic mass is 79.9. The first-order valence-corrected chi connectivity index (χ1v) is 7.43. The Morgan fingerprint density at radius 3 is 3.05 bits per heavy atom. The van der Waals surface area contributed by atoms with Crippen molar-refractivity contribution in [3.05, 3.63) is 33.8 Å². The summed E-state index contributed by atoms with van der Waals surface area (Å²) in [4.78, 5) is 6.93. The molecule has 100 valence electrons. The van der Waals surface area contributed by atoms with Crippen LogP contribution in [0.15, 0.2) is 28.7 Å². The summed E-state index contributed by atoms with van der Waals surface area (Å²) in [7, 11) is 0. The van der Waals surface area contributed by atoms with E-state index in [4.69, 9.17) is 21.3 Å². The highest BCUT2D eigenvalue weighted by molar-refractivity contribution is 9.10. The van der Waals surface area contributed by atoms with Crippen molar-refractivity contribution in [3.63, 3.8) is 0 Å². The average molecular weight is 342 g/mol. The van der Waals surface area contributed by atoms with Crippen molar-refractivity contribution < 1.29 is 4.74 Å². The van der Waals surface area contributed by atoms with Crippen molar-refractivity contribution in [2.45, 2.75) is 13.0 Å². The largest absolute Gasteiger partial charge is 0.375 e. The van der Waals surface area contributed by atoms with Crippen LogP contribution in [-0.2, 0) is 4.74 Å². The van der Waals surface area contributed by atoms with Gasteiger partial charge in [-0.25, -0.2) is 4.98 Å². The van der Waals surface area contributed by atoms with E-state index in [1.54, 1.807) is 0 Å². The van der Waals surface area contributed by atoms with E-state index in [1.165, 1.54) is 0 Å². The van der Waals surface area contributed by atoms with E-state index in [0.29, 0.717) is 5.02 Å². The fourth-order valence-electron chi connectivity index (χ4n) is 2.35. The van der Waals surface area contributed by atoms with Gasteiger partial charge in [0, 0.05) is 22.9 Å². The number of hydrogen-bond donors (Lipinski definition) is 0. The molecule has 1 atom stereocenters. The molecule has 0 spiro atoms. The molecule has 0 aliphatic carbocycles. The fraction of sp³-hybridized carbons (Fsp3) is 0.357. The Labute approximate surface area is 125 Å². The lowest BCUT2D eigenvalue weighted by molar-refractivity contribution is 0.0529. The van der Waals surface area contributed by atoms with Crippen molar-refractivity contribution in [2.24, 2.45) is 0 Å². The number of anilines is 1. The zero-order valence-corrected chi connectivity index (χ0v) is 12.9. The maximum absolute atomic E-state index is 6.27. The monoisotopic (exact) mass is 340 g/mol. The Kier molecular flexibility index (Phi) is 3.65. The molecule has 0 N–H and O–H groups in total. The molecule has 19 heavy (non-hydrogen) atoms. The number of morpholine rings is 1. The molecule has 1 saturated heterocycles. The van der Waals surface area contributed by atoms with Crippen molar-refractivity contribution in [3.8, 4) is 0 Å². The molecule has 1 aliphatic heterocycles. The van der Waals surface area contributed by atoms with Gasteiger partial charge in [0.1, 0.15) is 5.82 Å². The molecule has 1 fully saturated rings. The van der Waals surface area contributed by atoms with E-state index >= 15 is 0 Å². The number of ether oxygens (including phenoxy) is 1. The van der Waals surface area contributed by atoms with Crippen molar-refractivity contribution in [1.82, 2.24) is 4.98 Å². The van der Waals surface area contributed by atoms with Crippen molar-refractivity contribution >= 4 is 44.3 Å². The van der Waals surface area contributed by atoms with Gasteiger partial charge in [0.25, 0.3) is 0 Å². The van der Waals surface area contributed by atoms with Gasteiger partial charge in [0.2, 0.25) is 0 Å². The first kappa shape index (κ1) is 13.2.